The number of nitrogens with one attached hydrogen (secondary N) is 1. The van der Waals surface area contributed by atoms with E-state index in [1.807, 2.05) is 0 Å². The number of nitrogens with two attached hydrogens (primary N) is 1. The molecule has 2 aromatic carbocycles. The molecule has 2 aromatic rings. The van der Waals surface area contributed by atoms with Gasteiger partial charge in [-0.2, -0.15) is 0 Å². The molecular formula is C14H10BrFN2O2S. The van der Waals surface area contributed by atoms with Crippen LogP contribution >= 0.6 is 28.1 Å². The van der Waals surface area contributed by atoms with E-state index in [0.717, 1.165) is 6.07 Å². The molecule has 0 heterocycles. The number of phenolic OH excluding ortho intramolecular Hbond substituents is 1. The van der Waals surface area contributed by atoms with Gasteiger partial charge in [-0.25, -0.2) is 4.39 Å². The summed E-state index contributed by atoms with van der Waals surface area (Å²) in [6.45, 7) is 0. The number of halogens is 2. The molecule has 0 unspecified atom stereocenters. The number of benzene rings is 2. The second-order valence-electron chi connectivity index (χ2n) is 4.17. The Labute approximate surface area is 133 Å². The number of amides is 1. The molecule has 21 heavy (non-hydrogen) atoms. The van der Waals surface area contributed by atoms with Crippen molar-refractivity contribution in [3.63, 3.8) is 0 Å². The van der Waals surface area contributed by atoms with E-state index in [9.17, 15) is 9.18 Å². The lowest BCUT2D eigenvalue weighted by Gasteiger charge is -2.11. The Kier molecular flexibility index (Phi) is 4.54. The van der Waals surface area contributed by atoms with Crippen LogP contribution in [-0.4, -0.2) is 16.0 Å². The van der Waals surface area contributed by atoms with Crippen molar-refractivity contribution in [3.8, 4) is 5.75 Å². The lowest BCUT2D eigenvalue weighted by molar-refractivity contribution is 0.102. The van der Waals surface area contributed by atoms with Crippen molar-refractivity contribution in [3.05, 3.63) is 57.8 Å². The van der Waals surface area contributed by atoms with Crippen LogP contribution in [0.15, 0.2) is 40.9 Å². The predicted molar refractivity (Wildman–Crippen MR) is 86.0 cm³/mol. The smallest absolute Gasteiger partial charge is 0.258 e. The van der Waals surface area contributed by atoms with Gasteiger partial charge in [0.25, 0.3) is 5.91 Å². The lowest BCUT2D eigenvalue weighted by atomic mass is 10.1. The molecule has 7 heteroatoms. The molecule has 0 spiro atoms. The fourth-order valence-corrected chi connectivity index (χ4v) is 2.25. The number of hydrogen-bond donors (Lipinski definition) is 3. The van der Waals surface area contributed by atoms with Crippen molar-refractivity contribution >= 4 is 44.7 Å². The molecule has 1 amide bonds. The number of phenols is 1. The van der Waals surface area contributed by atoms with Crippen LogP contribution < -0.4 is 11.1 Å². The Hall–Kier alpha value is -1.99. The van der Waals surface area contributed by atoms with E-state index in [2.05, 4.69) is 21.2 Å². The monoisotopic (exact) mass is 368 g/mol. The first kappa shape index (κ1) is 15.4. The molecule has 0 aliphatic carbocycles. The molecule has 0 radical (unpaired) electrons. The Balaban J connectivity index is 2.35. The number of hydrogen-bond acceptors (Lipinski definition) is 3. The fourth-order valence-electron chi connectivity index (χ4n) is 1.71. The minimum Gasteiger partial charge on any atom is -0.508 e. The number of anilines is 1. The second-order valence-corrected chi connectivity index (χ2v) is 5.53. The molecular weight excluding hydrogens is 359 g/mol. The minimum absolute atomic E-state index is 0.115. The molecule has 0 aliphatic rings. The summed E-state index contributed by atoms with van der Waals surface area (Å²) in [6.07, 6.45) is 0. The molecule has 0 aromatic heterocycles. The first-order valence-corrected chi connectivity index (χ1v) is 6.98. The first-order chi connectivity index (χ1) is 9.88. The van der Waals surface area contributed by atoms with E-state index in [1.54, 1.807) is 18.2 Å². The average Bonchev–Trinajstić information content (AvgIpc) is 2.37. The summed E-state index contributed by atoms with van der Waals surface area (Å²) in [5, 5.41) is 11.7. The summed E-state index contributed by atoms with van der Waals surface area (Å²) in [4.78, 5) is 12.2. The van der Waals surface area contributed by atoms with Crippen LogP contribution in [0, 0.1) is 5.82 Å². The zero-order chi connectivity index (χ0) is 15.6. The Morgan fingerprint density at radius 1 is 1.24 bits per heavy atom. The largest absolute Gasteiger partial charge is 0.508 e. The predicted octanol–water partition coefficient (Wildman–Crippen LogP) is 3.18. The van der Waals surface area contributed by atoms with Crippen molar-refractivity contribution in [1.29, 1.82) is 0 Å². The molecule has 4 N–H and O–H groups in total. The van der Waals surface area contributed by atoms with Gasteiger partial charge in [0.2, 0.25) is 0 Å². The minimum atomic E-state index is -0.820. The number of carbonyl (C=O) groups excluding carboxylic acids is 1. The molecule has 2 rings (SSSR count). The molecule has 0 bridgehead atoms. The van der Waals surface area contributed by atoms with E-state index in [0.29, 0.717) is 15.7 Å². The first-order valence-electron chi connectivity index (χ1n) is 5.77. The van der Waals surface area contributed by atoms with Gasteiger partial charge in [-0.15, -0.1) is 0 Å². The topological polar surface area (TPSA) is 75.3 Å². The maximum atomic E-state index is 13.7. The van der Waals surface area contributed by atoms with Gasteiger partial charge < -0.3 is 16.2 Å². The quantitative estimate of drug-likeness (QED) is 0.727. The number of rotatable bonds is 3. The Bertz CT molecular complexity index is 737. The van der Waals surface area contributed by atoms with Crippen molar-refractivity contribution in [2.45, 2.75) is 0 Å². The highest BCUT2D eigenvalue weighted by Gasteiger charge is 2.15. The summed E-state index contributed by atoms with van der Waals surface area (Å²) < 4.78 is 14.4. The van der Waals surface area contributed by atoms with Gasteiger partial charge >= 0.3 is 0 Å². The maximum absolute atomic E-state index is 13.7. The van der Waals surface area contributed by atoms with Gasteiger partial charge in [-0.1, -0.05) is 28.1 Å². The lowest BCUT2D eigenvalue weighted by Crippen LogP contribution is -2.18. The molecule has 0 saturated carbocycles. The van der Waals surface area contributed by atoms with Crippen molar-refractivity contribution < 1.29 is 14.3 Å². The highest BCUT2D eigenvalue weighted by Crippen LogP contribution is 2.23. The summed E-state index contributed by atoms with van der Waals surface area (Å²) >= 11 is 8.18. The Morgan fingerprint density at radius 3 is 2.52 bits per heavy atom. The van der Waals surface area contributed by atoms with Gasteiger partial charge in [-0.3, -0.25) is 4.79 Å². The number of thiocarbonyl (C=S) groups is 1. The summed E-state index contributed by atoms with van der Waals surface area (Å²) in [6, 6.07) is 8.28. The third kappa shape index (κ3) is 3.56. The van der Waals surface area contributed by atoms with Crippen molar-refractivity contribution in [1.82, 2.24) is 0 Å². The van der Waals surface area contributed by atoms with Crippen molar-refractivity contribution in [2.24, 2.45) is 5.73 Å². The van der Waals surface area contributed by atoms with E-state index >= 15 is 0 Å². The van der Waals surface area contributed by atoms with Crippen LogP contribution in [0.25, 0.3) is 0 Å². The normalized spacial score (nSPS) is 10.2. The maximum Gasteiger partial charge on any atom is 0.258 e. The third-order valence-electron chi connectivity index (χ3n) is 2.69. The average molecular weight is 369 g/mol. The van der Waals surface area contributed by atoms with Crippen LogP contribution in [0.5, 0.6) is 5.75 Å². The van der Waals surface area contributed by atoms with E-state index in [4.69, 9.17) is 23.1 Å². The summed E-state index contributed by atoms with van der Waals surface area (Å²) in [5.74, 6) is -1.74. The van der Waals surface area contributed by atoms with Gasteiger partial charge in [-0.05, 0) is 30.3 Å². The molecule has 4 nitrogen and oxygen atoms in total. The number of aromatic hydroxyl groups is 1. The number of carbonyl (C=O) groups is 1. The highest BCUT2D eigenvalue weighted by molar-refractivity contribution is 9.10. The fraction of sp³-hybridized carbons (Fsp3) is 0. The molecule has 0 atom stereocenters. The molecule has 0 saturated heterocycles. The van der Waals surface area contributed by atoms with Crippen molar-refractivity contribution in [2.75, 3.05) is 5.32 Å². The highest BCUT2D eigenvalue weighted by atomic mass is 79.9. The molecule has 0 aliphatic heterocycles. The van der Waals surface area contributed by atoms with Crippen LogP contribution in [0.4, 0.5) is 10.1 Å². The standard InChI is InChI=1S/C14H10BrFN2O2S/c15-7-1-3-10(13(17)21)12(5-7)18-14(20)9-4-2-8(19)6-11(9)16/h1-6,19H,(H2,17,21)(H,18,20). The molecule has 108 valence electrons. The van der Waals surface area contributed by atoms with Crippen LogP contribution in [0.3, 0.4) is 0 Å². The second kappa shape index (κ2) is 6.19. The van der Waals surface area contributed by atoms with Crippen LogP contribution in [0.1, 0.15) is 15.9 Å². The summed E-state index contributed by atoms with van der Waals surface area (Å²) in [7, 11) is 0. The van der Waals surface area contributed by atoms with Gasteiger partial charge in [0.05, 0.1) is 11.3 Å². The molecule has 0 fully saturated rings. The van der Waals surface area contributed by atoms with Crippen LogP contribution in [0.2, 0.25) is 0 Å². The van der Waals surface area contributed by atoms with Gasteiger partial charge in [0.15, 0.2) is 0 Å². The SMILES string of the molecule is NC(=S)c1ccc(Br)cc1NC(=O)c1ccc(O)cc1F. The van der Waals surface area contributed by atoms with E-state index in [-0.39, 0.29) is 16.3 Å². The Morgan fingerprint density at radius 2 is 1.90 bits per heavy atom. The van der Waals surface area contributed by atoms with Gasteiger partial charge in [0, 0.05) is 16.1 Å². The van der Waals surface area contributed by atoms with Crippen LogP contribution in [-0.2, 0) is 0 Å². The third-order valence-corrected chi connectivity index (χ3v) is 3.41. The summed E-state index contributed by atoms with van der Waals surface area (Å²) in [5.41, 5.74) is 6.24. The zero-order valence-electron chi connectivity index (χ0n) is 10.6. The van der Waals surface area contributed by atoms with E-state index < -0.39 is 11.7 Å². The zero-order valence-corrected chi connectivity index (χ0v) is 13.0. The van der Waals surface area contributed by atoms with E-state index in [1.165, 1.54) is 12.1 Å². The van der Waals surface area contributed by atoms with Gasteiger partial charge in [0.1, 0.15) is 16.6 Å².